The van der Waals surface area contributed by atoms with E-state index in [9.17, 15) is 8.76 Å². The van der Waals surface area contributed by atoms with Crippen molar-refractivity contribution in [1.29, 1.82) is 0 Å². The van der Waals surface area contributed by atoms with Crippen LogP contribution in [-0.2, 0) is 11.1 Å². The third kappa shape index (κ3) is 3.76. The molecular weight excluding hydrogens is 234 g/mol. The zero-order chi connectivity index (χ0) is 12.9. The van der Waals surface area contributed by atoms with E-state index in [4.69, 9.17) is 0 Å². The van der Waals surface area contributed by atoms with E-state index in [2.05, 4.69) is 12.2 Å². The van der Waals surface area contributed by atoms with Gasteiger partial charge in [-0.2, -0.15) is 0 Å². The molecule has 98 valence electrons. The Hall–Kier alpha value is -0.450. The van der Waals surface area contributed by atoms with Crippen LogP contribution in [0.15, 0.2) is 23.8 Å². The van der Waals surface area contributed by atoms with E-state index in [1.165, 1.54) is 12.8 Å². The molecule has 3 atom stereocenters. The molecule has 1 aliphatic rings. The predicted molar refractivity (Wildman–Crippen MR) is 73.4 cm³/mol. The maximum atomic E-state index is 11.5. The minimum atomic E-state index is -1.84. The summed E-state index contributed by atoms with van der Waals surface area (Å²) in [6, 6.07) is 0. The molecule has 0 aromatic heterocycles. The van der Waals surface area contributed by atoms with Crippen molar-refractivity contribution in [3.8, 4) is 0 Å². The molecule has 2 N–H and O–H groups in total. The van der Waals surface area contributed by atoms with E-state index in [-0.39, 0.29) is 5.25 Å². The SMILES string of the molecule is CCCCCNC1(C)C=CC=C(C)C1S(=O)O. The molecule has 0 bridgehead atoms. The second kappa shape index (κ2) is 6.47. The minimum absolute atomic E-state index is 0.353. The normalized spacial score (nSPS) is 30.1. The van der Waals surface area contributed by atoms with Gasteiger partial charge in [0.1, 0.15) is 5.25 Å². The van der Waals surface area contributed by atoms with Gasteiger partial charge >= 0.3 is 0 Å². The largest absolute Gasteiger partial charge is 0.307 e. The summed E-state index contributed by atoms with van der Waals surface area (Å²) in [4.78, 5) is 0. The molecule has 0 aliphatic heterocycles. The monoisotopic (exact) mass is 257 g/mol. The molecule has 1 aliphatic carbocycles. The highest BCUT2D eigenvalue weighted by Crippen LogP contribution is 2.27. The Bertz CT molecular complexity index is 338. The zero-order valence-electron chi connectivity index (χ0n) is 10.9. The van der Waals surface area contributed by atoms with Crippen LogP contribution in [0.25, 0.3) is 0 Å². The van der Waals surface area contributed by atoms with Crippen molar-refractivity contribution in [1.82, 2.24) is 5.32 Å². The fraction of sp³-hybridized carbons (Fsp3) is 0.692. The van der Waals surface area contributed by atoms with Gasteiger partial charge in [-0.15, -0.1) is 0 Å². The van der Waals surface area contributed by atoms with Gasteiger partial charge in [-0.05, 0) is 26.8 Å². The van der Waals surface area contributed by atoms with Gasteiger partial charge in [-0.1, -0.05) is 43.6 Å². The summed E-state index contributed by atoms with van der Waals surface area (Å²) < 4.78 is 20.9. The van der Waals surface area contributed by atoms with Crippen LogP contribution in [0.3, 0.4) is 0 Å². The smallest absolute Gasteiger partial charge is 0.162 e. The number of unbranched alkanes of at least 4 members (excludes halogenated alkanes) is 2. The molecule has 0 spiro atoms. The van der Waals surface area contributed by atoms with E-state index in [1.54, 1.807) is 0 Å². The molecule has 0 amide bonds. The quantitative estimate of drug-likeness (QED) is 0.568. The first-order valence-corrected chi connectivity index (χ1v) is 7.39. The van der Waals surface area contributed by atoms with Gasteiger partial charge in [-0.3, -0.25) is 0 Å². The first kappa shape index (κ1) is 14.6. The van der Waals surface area contributed by atoms with Gasteiger partial charge in [0.2, 0.25) is 0 Å². The Kier molecular flexibility index (Phi) is 5.56. The fourth-order valence-corrected chi connectivity index (χ4v) is 3.28. The lowest BCUT2D eigenvalue weighted by molar-refractivity contribution is 0.411. The number of hydrogen-bond donors (Lipinski definition) is 2. The minimum Gasteiger partial charge on any atom is -0.307 e. The molecule has 0 heterocycles. The van der Waals surface area contributed by atoms with Crippen LogP contribution in [0.2, 0.25) is 0 Å². The number of hydrogen-bond acceptors (Lipinski definition) is 2. The Morgan fingerprint density at radius 1 is 1.53 bits per heavy atom. The topological polar surface area (TPSA) is 49.3 Å². The molecule has 0 saturated heterocycles. The molecule has 4 heteroatoms. The molecule has 17 heavy (non-hydrogen) atoms. The van der Waals surface area contributed by atoms with E-state index in [1.807, 2.05) is 32.1 Å². The average Bonchev–Trinajstić information content (AvgIpc) is 2.23. The maximum Gasteiger partial charge on any atom is 0.162 e. The summed E-state index contributed by atoms with van der Waals surface area (Å²) in [6.45, 7) is 6.95. The summed E-state index contributed by atoms with van der Waals surface area (Å²) >= 11 is -1.84. The number of allylic oxidation sites excluding steroid dienone is 2. The van der Waals surface area contributed by atoms with Crippen LogP contribution < -0.4 is 5.32 Å². The van der Waals surface area contributed by atoms with Crippen LogP contribution in [0.4, 0.5) is 0 Å². The lowest BCUT2D eigenvalue weighted by Crippen LogP contribution is -2.53. The predicted octanol–water partition coefficient (Wildman–Crippen LogP) is 2.63. The molecule has 3 nitrogen and oxygen atoms in total. The van der Waals surface area contributed by atoms with Crippen molar-refractivity contribution < 1.29 is 8.76 Å². The third-order valence-electron chi connectivity index (χ3n) is 3.25. The number of rotatable bonds is 6. The zero-order valence-corrected chi connectivity index (χ0v) is 11.7. The van der Waals surface area contributed by atoms with E-state index in [0.717, 1.165) is 18.5 Å². The van der Waals surface area contributed by atoms with Crippen LogP contribution in [0.1, 0.15) is 40.0 Å². The van der Waals surface area contributed by atoms with Crippen LogP contribution in [0, 0.1) is 0 Å². The third-order valence-corrected chi connectivity index (χ3v) is 4.51. The first-order valence-electron chi connectivity index (χ1n) is 6.22. The average molecular weight is 257 g/mol. The van der Waals surface area contributed by atoms with Crippen LogP contribution >= 0.6 is 0 Å². The summed E-state index contributed by atoms with van der Waals surface area (Å²) in [5, 5.41) is 3.06. The van der Waals surface area contributed by atoms with Crippen molar-refractivity contribution in [3.63, 3.8) is 0 Å². The summed E-state index contributed by atoms with van der Waals surface area (Å²) in [6.07, 6.45) is 9.34. The molecule has 0 aromatic carbocycles. The van der Waals surface area contributed by atoms with Gasteiger partial charge < -0.3 is 9.87 Å². The molecule has 1 rings (SSSR count). The highest BCUT2D eigenvalue weighted by atomic mass is 32.2. The molecule has 0 fully saturated rings. The van der Waals surface area contributed by atoms with Crippen molar-refractivity contribution in [2.75, 3.05) is 6.54 Å². The van der Waals surface area contributed by atoms with Crippen molar-refractivity contribution in [3.05, 3.63) is 23.8 Å². The van der Waals surface area contributed by atoms with Crippen molar-refractivity contribution in [2.45, 2.75) is 50.8 Å². The van der Waals surface area contributed by atoms with Crippen molar-refractivity contribution >= 4 is 11.1 Å². The second-order valence-electron chi connectivity index (χ2n) is 4.84. The molecule has 0 radical (unpaired) electrons. The molecule has 0 saturated carbocycles. The van der Waals surface area contributed by atoms with Gasteiger partial charge in [-0.25, -0.2) is 4.21 Å². The van der Waals surface area contributed by atoms with Crippen LogP contribution in [-0.4, -0.2) is 26.1 Å². The highest BCUT2D eigenvalue weighted by molar-refractivity contribution is 7.80. The van der Waals surface area contributed by atoms with Gasteiger partial charge in [0.25, 0.3) is 0 Å². The molecule has 0 aromatic rings. The fourth-order valence-electron chi connectivity index (χ4n) is 2.30. The Balaban J connectivity index is 2.68. The number of nitrogens with one attached hydrogen (secondary N) is 1. The van der Waals surface area contributed by atoms with Gasteiger partial charge in [0.15, 0.2) is 11.1 Å². The van der Waals surface area contributed by atoms with Crippen molar-refractivity contribution in [2.24, 2.45) is 0 Å². The van der Waals surface area contributed by atoms with E-state index >= 15 is 0 Å². The lowest BCUT2D eigenvalue weighted by atomic mass is 9.88. The Labute approximate surface area is 107 Å². The van der Waals surface area contributed by atoms with E-state index in [0.29, 0.717) is 0 Å². The first-order chi connectivity index (χ1) is 8.01. The van der Waals surface area contributed by atoms with E-state index < -0.39 is 16.6 Å². The Morgan fingerprint density at radius 2 is 2.24 bits per heavy atom. The van der Waals surface area contributed by atoms with Gasteiger partial charge in [0.05, 0.1) is 5.54 Å². The Morgan fingerprint density at radius 3 is 2.82 bits per heavy atom. The second-order valence-corrected chi connectivity index (χ2v) is 5.87. The molecule has 3 unspecified atom stereocenters. The van der Waals surface area contributed by atoms with Crippen LogP contribution in [0.5, 0.6) is 0 Å². The molecular formula is C13H23NO2S. The summed E-state index contributed by atoms with van der Waals surface area (Å²) in [7, 11) is 0. The standard InChI is InChI=1S/C13H23NO2S/c1-4-5-6-10-14-13(3)9-7-8-11(2)12(13)17(15)16/h7-9,12,14H,4-6,10H2,1-3H3,(H,15,16). The summed E-state index contributed by atoms with van der Waals surface area (Å²) in [5.41, 5.74) is 0.547. The lowest BCUT2D eigenvalue weighted by Gasteiger charge is -2.36. The summed E-state index contributed by atoms with van der Waals surface area (Å²) in [5.74, 6) is 0. The maximum absolute atomic E-state index is 11.5. The highest BCUT2D eigenvalue weighted by Gasteiger charge is 2.38. The van der Waals surface area contributed by atoms with Gasteiger partial charge in [0, 0.05) is 0 Å².